The first-order chi connectivity index (χ1) is 10.1. The lowest BCUT2D eigenvalue weighted by Gasteiger charge is -2.27. The van der Waals surface area contributed by atoms with Gasteiger partial charge in [-0.3, -0.25) is 0 Å². The highest BCUT2D eigenvalue weighted by atomic mass is 16.4. The summed E-state index contributed by atoms with van der Waals surface area (Å²) < 4.78 is 0. The van der Waals surface area contributed by atoms with Gasteiger partial charge in [0, 0.05) is 19.5 Å². The zero-order valence-corrected chi connectivity index (χ0v) is 12.1. The van der Waals surface area contributed by atoms with Gasteiger partial charge in [0.15, 0.2) is 0 Å². The molecule has 1 aliphatic rings. The predicted molar refractivity (Wildman–Crippen MR) is 80.0 cm³/mol. The minimum Gasteiger partial charge on any atom is -0.480 e. The Kier molecular flexibility index (Phi) is 4.98. The average molecular weight is 288 g/mol. The molecule has 112 valence electrons. The number of nitrogens with one attached hydrogen (secondary N) is 1. The maximum atomic E-state index is 12.1. The number of aliphatic carboxylic acids is 1. The lowest BCUT2D eigenvalue weighted by atomic mass is 10.1. The van der Waals surface area contributed by atoms with Crippen molar-refractivity contribution in [2.45, 2.75) is 25.8 Å². The van der Waals surface area contributed by atoms with E-state index in [0.29, 0.717) is 13.1 Å². The van der Waals surface area contributed by atoms with Crippen LogP contribution < -0.4 is 5.32 Å². The van der Waals surface area contributed by atoms with E-state index in [2.05, 4.69) is 5.32 Å². The van der Waals surface area contributed by atoms with Crippen LogP contribution >= 0.6 is 0 Å². The largest absolute Gasteiger partial charge is 0.480 e. The zero-order valence-electron chi connectivity index (χ0n) is 12.1. The van der Waals surface area contributed by atoms with Crippen LogP contribution in [-0.2, 0) is 11.2 Å². The van der Waals surface area contributed by atoms with Crippen molar-refractivity contribution in [2.75, 3.05) is 13.1 Å². The molecule has 2 amide bonds. The third kappa shape index (κ3) is 4.34. The number of benzene rings is 1. The van der Waals surface area contributed by atoms with Crippen LogP contribution in [0.25, 0.3) is 0 Å². The van der Waals surface area contributed by atoms with Gasteiger partial charge in [0.1, 0.15) is 6.04 Å². The third-order valence-electron chi connectivity index (χ3n) is 3.60. The molecule has 1 unspecified atom stereocenters. The molecule has 5 nitrogen and oxygen atoms in total. The van der Waals surface area contributed by atoms with Crippen LogP contribution in [-0.4, -0.2) is 41.1 Å². The average Bonchev–Trinajstić information content (AvgIpc) is 2.48. The number of carbonyl (C=O) groups excluding carboxylic acids is 1. The van der Waals surface area contributed by atoms with Crippen molar-refractivity contribution in [3.63, 3.8) is 0 Å². The van der Waals surface area contributed by atoms with Crippen molar-refractivity contribution in [3.05, 3.63) is 47.5 Å². The highest BCUT2D eigenvalue weighted by molar-refractivity contribution is 5.83. The van der Waals surface area contributed by atoms with Crippen molar-refractivity contribution in [3.8, 4) is 0 Å². The molecule has 0 aliphatic carbocycles. The molecule has 1 heterocycles. The molecule has 0 saturated heterocycles. The zero-order chi connectivity index (χ0) is 15.2. The lowest BCUT2D eigenvalue weighted by molar-refractivity contribution is -0.139. The summed E-state index contributed by atoms with van der Waals surface area (Å²) in [6.07, 6.45) is 3.12. The number of urea groups is 1. The maximum absolute atomic E-state index is 12.1. The minimum atomic E-state index is -1.02. The topological polar surface area (TPSA) is 69.6 Å². The van der Waals surface area contributed by atoms with E-state index >= 15 is 0 Å². The quantitative estimate of drug-likeness (QED) is 0.833. The Morgan fingerprint density at radius 3 is 2.62 bits per heavy atom. The molecule has 0 aromatic heterocycles. The van der Waals surface area contributed by atoms with Gasteiger partial charge in [-0.05, 0) is 18.9 Å². The number of hydrogen-bond donors (Lipinski definition) is 2. The summed E-state index contributed by atoms with van der Waals surface area (Å²) in [4.78, 5) is 25.1. The van der Waals surface area contributed by atoms with E-state index in [-0.39, 0.29) is 12.5 Å². The van der Waals surface area contributed by atoms with Gasteiger partial charge in [-0.2, -0.15) is 0 Å². The van der Waals surface area contributed by atoms with Crippen LogP contribution in [0.3, 0.4) is 0 Å². The van der Waals surface area contributed by atoms with Gasteiger partial charge >= 0.3 is 12.0 Å². The fourth-order valence-electron chi connectivity index (χ4n) is 2.25. The van der Waals surface area contributed by atoms with E-state index in [9.17, 15) is 14.7 Å². The van der Waals surface area contributed by atoms with E-state index in [1.165, 1.54) is 5.57 Å². The molecule has 5 heteroatoms. The first-order valence-corrected chi connectivity index (χ1v) is 7.04. The lowest BCUT2D eigenvalue weighted by Crippen LogP contribution is -2.49. The molecule has 1 aromatic rings. The van der Waals surface area contributed by atoms with Crippen molar-refractivity contribution in [2.24, 2.45) is 0 Å². The SMILES string of the molecule is CC1=CCN(C(=O)NC(Cc2ccccc2)C(=O)O)CC1. The summed E-state index contributed by atoms with van der Waals surface area (Å²) in [5.74, 6) is -1.02. The molecule has 0 saturated carbocycles. The molecule has 1 aromatic carbocycles. The van der Waals surface area contributed by atoms with Gasteiger partial charge in [-0.25, -0.2) is 9.59 Å². The molecule has 0 bridgehead atoms. The van der Waals surface area contributed by atoms with Crippen molar-refractivity contribution in [1.82, 2.24) is 10.2 Å². The molecule has 0 radical (unpaired) electrons. The monoisotopic (exact) mass is 288 g/mol. The summed E-state index contributed by atoms with van der Waals surface area (Å²) in [6.45, 7) is 3.20. The molecular formula is C16H20N2O3. The molecule has 0 fully saturated rings. The Morgan fingerprint density at radius 1 is 1.33 bits per heavy atom. The molecular weight excluding hydrogens is 268 g/mol. The minimum absolute atomic E-state index is 0.282. The second-order valence-electron chi connectivity index (χ2n) is 5.28. The van der Waals surface area contributed by atoms with Crippen LogP contribution in [0, 0.1) is 0 Å². The van der Waals surface area contributed by atoms with Gasteiger partial charge in [-0.1, -0.05) is 42.0 Å². The van der Waals surface area contributed by atoms with Crippen LogP contribution in [0.2, 0.25) is 0 Å². The van der Waals surface area contributed by atoms with Crippen molar-refractivity contribution in [1.29, 1.82) is 0 Å². The smallest absolute Gasteiger partial charge is 0.326 e. The Hall–Kier alpha value is -2.30. The van der Waals surface area contributed by atoms with Gasteiger partial charge in [0.2, 0.25) is 0 Å². The Labute approximate surface area is 124 Å². The highest BCUT2D eigenvalue weighted by Gasteiger charge is 2.24. The van der Waals surface area contributed by atoms with Gasteiger partial charge in [0.05, 0.1) is 0 Å². The molecule has 1 aliphatic heterocycles. The van der Waals surface area contributed by atoms with Crippen LogP contribution in [0.1, 0.15) is 18.9 Å². The number of carbonyl (C=O) groups is 2. The highest BCUT2D eigenvalue weighted by Crippen LogP contribution is 2.10. The van der Waals surface area contributed by atoms with Crippen LogP contribution in [0.4, 0.5) is 4.79 Å². The van der Waals surface area contributed by atoms with E-state index in [4.69, 9.17) is 0 Å². The van der Waals surface area contributed by atoms with E-state index in [0.717, 1.165) is 12.0 Å². The number of rotatable bonds is 4. The molecule has 1 atom stereocenters. The van der Waals surface area contributed by atoms with E-state index < -0.39 is 12.0 Å². The summed E-state index contributed by atoms with van der Waals surface area (Å²) in [5.41, 5.74) is 2.15. The van der Waals surface area contributed by atoms with Crippen LogP contribution in [0.15, 0.2) is 42.0 Å². The number of hydrogen-bond acceptors (Lipinski definition) is 2. The fourth-order valence-corrected chi connectivity index (χ4v) is 2.25. The van der Waals surface area contributed by atoms with Gasteiger partial charge in [-0.15, -0.1) is 0 Å². The fraction of sp³-hybridized carbons (Fsp3) is 0.375. The summed E-state index contributed by atoms with van der Waals surface area (Å²) in [5, 5.41) is 11.9. The predicted octanol–water partition coefficient (Wildman–Crippen LogP) is 2.04. The maximum Gasteiger partial charge on any atom is 0.326 e. The standard InChI is InChI=1S/C16H20N2O3/c1-12-7-9-18(10-8-12)16(21)17-14(15(19)20)11-13-5-3-2-4-6-13/h2-7,14H,8-11H2,1H3,(H,17,21)(H,19,20). The Bertz CT molecular complexity index is 540. The summed E-state index contributed by atoms with van der Waals surface area (Å²) in [7, 11) is 0. The second kappa shape index (κ2) is 6.92. The molecule has 2 rings (SSSR count). The Balaban J connectivity index is 1.97. The van der Waals surface area contributed by atoms with Gasteiger partial charge < -0.3 is 15.3 Å². The number of nitrogens with zero attached hydrogens (tertiary/aromatic N) is 1. The number of amides is 2. The summed E-state index contributed by atoms with van der Waals surface area (Å²) >= 11 is 0. The molecule has 21 heavy (non-hydrogen) atoms. The van der Waals surface area contributed by atoms with Gasteiger partial charge in [0.25, 0.3) is 0 Å². The molecule has 2 N–H and O–H groups in total. The number of carboxylic acids is 1. The van der Waals surface area contributed by atoms with E-state index in [1.807, 2.05) is 43.3 Å². The second-order valence-corrected chi connectivity index (χ2v) is 5.28. The third-order valence-corrected chi connectivity index (χ3v) is 3.60. The normalized spacial score (nSPS) is 16.0. The van der Waals surface area contributed by atoms with E-state index in [1.54, 1.807) is 4.90 Å². The Morgan fingerprint density at radius 2 is 2.05 bits per heavy atom. The van der Waals surface area contributed by atoms with Crippen LogP contribution in [0.5, 0.6) is 0 Å². The summed E-state index contributed by atoms with van der Waals surface area (Å²) in [6, 6.07) is 8.07. The first-order valence-electron chi connectivity index (χ1n) is 7.04. The van der Waals surface area contributed by atoms with Crippen molar-refractivity contribution >= 4 is 12.0 Å². The first kappa shape index (κ1) is 15.1. The number of carboxylic acid groups (broad SMARTS) is 1. The molecule has 0 spiro atoms. The van der Waals surface area contributed by atoms with Crippen molar-refractivity contribution < 1.29 is 14.7 Å².